The maximum absolute atomic E-state index is 13.1. The van der Waals surface area contributed by atoms with E-state index in [0.29, 0.717) is 0 Å². The molecule has 170 valence electrons. The maximum Gasteiger partial charge on any atom is 1.00 e. The first-order valence-electron chi connectivity index (χ1n) is 9.55. The summed E-state index contributed by atoms with van der Waals surface area (Å²) in [5.41, 5.74) is -1.08. The number of rotatable bonds is 7. The number of halogens is 3. The van der Waals surface area contributed by atoms with E-state index >= 15 is 0 Å². The van der Waals surface area contributed by atoms with E-state index in [2.05, 4.69) is 9.98 Å². The van der Waals surface area contributed by atoms with E-state index in [1.165, 1.54) is 24.4 Å². The monoisotopic (exact) mass is 447 g/mol. The van der Waals surface area contributed by atoms with Crippen molar-refractivity contribution in [3.8, 4) is 5.88 Å². The van der Waals surface area contributed by atoms with Gasteiger partial charge >= 0.3 is 25.0 Å². The average molecular weight is 447 g/mol. The van der Waals surface area contributed by atoms with E-state index in [-0.39, 0.29) is 37.2 Å². The van der Waals surface area contributed by atoms with Crippen molar-refractivity contribution in [2.24, 2.45) is 4.99 Å². The van der Waals surface area contributed by atoms with E-state index in [9.17, 15) is 13.2 Å². The molecule has 0 N–H and O–H groups in total. The number of hydrogen-bond donors (Lipinski definition) is 0. The summed E-state index contributed by atoms with van der Waals surface area (Å²) in [6.07, 6.45) is -5.41. The van der Waals surface area contributed by atoms with Crippen molar-refractivity contribution in [3.63, 3.8) is 0 Å². The summed E-state index contributed by atoms with van der Waals surface area (Å²) in [5, 5.41) is 0. The number of aromatic nitrogens is 1. The molecule has 32 heavy (non-hydrogen) atoms. The third kappa shape index (κ3) is 6.36. The van der Waals surface area contributed by atoms with Gasteiger partial charge in [-0.15, -0.1) is 6.21 Å². The van der Waals surface area contributed by atoms with Gasteiger partial charge in [0.2, 0.25) is 5.88 Å². The molecule has 5 atom stereocenters. The molecule has 1 aromatic rings. The van der Waals surface area contributed by atoms with Crippen molar-refractivity contribution in [1.82, 2.24) is 4.98 Å². The second-order valence-electron chi connectivity index (χ2n) is 7.51. The van der Waals surface area contributed by atoms with E-state index in [0.717, 1.165) is 6.07 Å². The predicted octanol–water partition coefficient (Wildman–Crippen LogP) is 0.510. The molecule has 0 saturated carbocycles. The number of allylic oxidation sites excluding steroid dienone is 1. The molecule has 3 heterocycles. The van der Waals surface area contributed by atoms with Crippen molar-refractivity contribution in [2.75, 3.05) is 6.61 Å². The summed E-state index contributed by atoms with van der Waals surface area (Å²) in [5.74, 6) is -1.33. The van der Waals surface area contributed by atoms with Crippen molar-refractivity contribution in [2.45, 2.75) is 63.3 Å². The van der Waals surface area contributed by atoms with E-state index in [1.54, 1.807) is 20.8 Å². The van der Waals surface area contributed by atoms with Crippen LogP contribution in [0.15, 0.2) is 35.2 Å². The molecule has 2 aliphatic rings. The van der Waals surface area contributed by atoms with Crippen LogP contribution in [0.4, 0.5) is 13.2 Å². The van der Waals surface area contributed by atoms with Crippen LogP contribution < -0.4 is 23.6 Å². The fraction of sp³-hybridized carbons (Fsp3) is 0.524. The maximum atomic E-state index is 13.1. The topological polar surface area (TPSA) is 71.4 Å². The van der Waals surface area contributed by atoms with Gasteiger partial charge in [0.05, 0.1) is 6.10 Å². The third-order valence-corrected chi connectivity index (χ3v) is 4.66. The second kappa shape index (κ2) is 10.4. The smallest absolute Gasteiger partial charge is 0.511 e. The summed E-state index contributed by atoms with van der Waals surface area (Å²) in [4.78, 5) is 7.33. The minimum atomic E-state index is -4.61. The number of ether oxygens (including phenoxy) is 5. The van der Waals surface area contributed by atoms with Crippen LogP contribution in [0.3, 0.4) is 0 Å². The van der Waals surface area contributed by atoms with Crippen LogP contribution in [0.5, 0.6) is 5.88 Å². The Kier molecular flexibility index (Phi) is 8.59. The van der Waals surface area contributed by atoms with Gasteiger partial charge in [0.15, 0.2) is 11.9 Å². The Morgan fingerprint density at radius 2 is 1.97 bits per heavy atom. The van der Waals surface area contributed by atoms with Crippen LogP contribution in [-0.2, 0) is 25.1 Å². The van der Waals surface area contributed by atoms with E-state index in [1.807, 2.05) is 0 Å². The summed E-state index contributed by atoms with van der Waals surface area (Å²) >= 11 is 0. The van der Waals surface area contributed by atoms with Gasteiger partial charge in [0.25, 0.3) is 0 Å². The first-order valence-corrected chi connectivity index (χ1v) is 9.55. The van der Waals surface area contributed by atoms with Gasteiger partial charge in [-0.3, -0.25) is 6.58 Å². The Morgan fingerprint density at radius 3 is 2.62 bits per heavy atom. The molecule has 7 nitrogen and oxygen atoms in total. The number of hydrogen-bond acceptors (Lipinski definition) is 7. The van der Waals surface area contributed by atoms with Crippen LogP contribution >= 0.6 is 0 Å². The Bertz CT molecular complexity index is 849. The van der Waals surface area contributed by atoms with Gasteiger partial charge in [-0.2, -0.15) is 13.2 Å². The molecule has 0 radical (unpaired) electrons. The minimum Gasteiger partial charge on any atom is -0.511 e. The molecule has 2 fully saturated rings. The van der Waals surface area contributed by atoms with Crippen LogP contribution in [0, 0.1) is 13.2 Å². The molecule has 0 unspecified atom stereocenters. The van der Waals surface area contributed by atoms with Crippen LogP contribution in [0.1, 0.15) is 26.5 Å². The van der Waals surface area contributed by atoms with E-state index in [4.69, 9.17) is 36.8 Å². The first-order chi connectivity index (χ1) is 14.5. The van der Waals surface area contributed by atoms with Gasteiger partial charge in [-0.05, 0) is 26.8 Å². The molecular weight excluding hydrogens is 424 g/mol. The second-order valence-corrected chi connectivity index (χ2v) is 7.51. The molecule has 0 aromatic carbocycles. The number of alkyl halides is 3. The summed E-state index contributed by atoms with van der Waals surface area (Å²) < 4.78 is 68.3. The summed E-state index contributed by atoms with van der Waals surface area (Å²) in [6, 6.07) is 3.39. The Morgan fingerprint density at radius 1 is 1.28 bits per heavy atom. The van der Waals surface area contributed by atoms with Crippen LogP contribution in [-0.4, -0.2) is 54.1 Å². The molecular formula is C21H23F3LiN2O5-. The van der Waals surface area contributed by atoms with Gasteiger partial charge in [-0.25, -0.2) is 11.1 Å². The zero-order valence-corrected chi connectivity index (χ0v) is 18.2. The first kappa shape index (κ1) is 26.4. The summed E-state index contributed by atoms with van der Waals surface area (Å²) in [6.45, 7) is 16.0. The predicted molar refractivity (Wildman–Crippen MR) is 103 cm³/mol. The molecule has 2 saturated heterocycles. The third-order valence-electron chi connectivity index (χ3n) is 4.66. The fourth-order valence-electron chi connectivity index (χ4n) is 3.45. The largest absolute Gasteiger partial charge is 1.00 e. The van der Waals surface area contributed by atoms with E-state index < -0.39 is 48.2 Å². The van der Waals surface area contributed by atoms with Crippen molar-refractivity contribution in [1.29, 1.82) is 0 Å². The molecule has 11 heteroatoms. The van der Waals surface area contributed by atoms with Crippen LogP contribution in [0.25, 0.3) is 0 Å². The Balaban J connectivity index is 0.00000363. The number of fused-ring (bicyclic) bond motifs is 1. The fourth-order valence-corrected chi connectivity index (χ4v) is 3.45. The van der Waals surface area contributed by atoms with Crippen molar-refractivity contribution in [3.05, 3.63) is 49.0 Å². The van der Waals surface area contributed by atoms with Crippen molar-refractivity contribution < 1.29 is 55.7 Å². The Labute approximate surface area is 196 Å². The van der Waals surface area contributed by atoms with Gasteiger partial charge in [0.1, 0.15) is 30.6 Å². The standard InChI is InChI=1S/C21H23F3N2O5.Li/c1-6-10-25-13(3)27-11-14-18(19-17(12(2)28-14)30-20(4,5)31-19)29-16-9-7-8-15(26-16)21(22,23)24;/h1,3,6-10,12,14,17-19H,11H2,2,4-5H3;/q-2;+1/b25-10-;/t12-,14-,17+,18+,19+;/m1./s1. The number of nitrogens with zero attached hydrogens (tertiary/aromatic N) is 2. The molecule has 0 bridgehead atoms. The number of pyridine rings is 1. The Hall–Kier alpha value is -1.83. The quantitative estimate of drug-likeness (QED) is 0.263. The molecule has 3 rings (SSSR count). The molecule has 0 spiro atoms. The zero-order chi connectivity index (χ0) is 22.8. The van der Waals surface area contributed by atoms with Crippen molar-refractivity contribution >= 4 is 6.21 Å². The molecule has 0 amide bonds. The minimum absolute atomic E-state index is 0. The van der Waals surface area contributed by atoms with Gasteiger partial charge in [-0.1, -0.05) is 6.07 Å². The van der Waals surface area contributed by atoms with Gasteiger partial charge < -0.3 is 35.3 Å². The molecule has 0 aliphatic carbocycles. The summed E-state index contributed by atoms with van der Waals surface area (Å²) in [7, 11) is 0. The molecule has 2 aliphatic heterocycles. The zero-order valence-electron chi connectivity index (χ0n) is 18.2. The average Bonchev–Trinajstić information content (AvgIpc) is 3.02. The normalized spacial score (nSPS) is 29.1. The SMILES string of the molecule is [CH-]=C/C=N\C(=[CH-])OC[C@H]1O[C@H](C)[C@@H]2OC(C)(C)O[C@@H]2[C@H]1Oc1cccc(C(F)(F)F)n1.[Li+]. The van der Waals surface area contributed by atoms with Crippen LogP contribution in [0.2, 0.25) is 0 Å². The molecule has 1 aromatic heterocycles. The van der Waals surface area contributed by atoms with Gasteiger partial charge in [0, 0.05) is 11.9 Å². The number of aliphatic imine (C=N–C) groups is 1.